The van der Waals surface area contributed by atoms with Crippen LogP contribution in [0.4, 0.5) is 0 Å². The minimum Gasteiger partial charge on any atom is -0.459 e. The first-order valence-electron chi connectivity index (χ1n) is 6.90. The van der Waals surface area contributed by atoms with Crippen molar-refractivity contribution in [2.75, 3.05) is 13.1 Å². The van der Waals surface area contributed by atoms with Crippen molar-refractivity contribution in [3.63, 3.8) is 0 Å². The van der Waals surface area contributed by atoms with Gasteiger partial charge in [-0.3, -0.25) is 4.79 Å². The van der Waals surface area contributed by atoms with E-state index in [4.69, 9.17) is 4.42 Å². The van der Waals surface area contributed by atoms with Crippen LogP contribution in [0.3, 0.4) is 0 Å². The predicted molar refractivity (Wildman–Crippen MR) is 78.2 cm³/mol. The lowest BCUT2D eigenvalue weighted by Crippen LogP contribution is -2.39. The van der Waals surface area contributed by atoms with Crippen LogP contribution in [0.15, 0.2) is 22.1 Å². The van der Waals surface area contributed by atoms with Gasteiger partial charge in [0.2, 0.25) is 0 Å². The smallest absolute Gasteiger partial charge is 0.289 e. The molecule has 1 aliphatic rings. The number of amides is 1. The lowest BCUT2D eigenvalue weighted by molar-refractivity contribution is 0.0674. The first-order chi connectivity index (χ1) is 9.65. The predicted octanol–water partition coefficient (Wildman–Crippen LogP) is 3.37. The maximum atomic E-state index is 12.5. The molecule has 0 aliphatic carbocycles. The number of hydrogen-bond donors (Lipinski definition) is 0. The quantitative estimate of drug-likeness (QED) is 0.852. The highest BCUT2D eigenvalue weighted by atomic mass is 32.1. The maximum absolute atomic E-state index is 12.5. The van der Waals surface area contributed by atoms with E-state index in [1.54, 1.807) is 17.6 Å². The minimum atomic E-state index is 0.00507. The number of carbonyl (C=O) groups excluding carboxylic acids is 1. The Balaban J connectivity index is 1.75. The van der Waals surface area contributed by atoms with Crippen LogP contribution in [0.5, 0.6) is 0 Å². The molecular formula is C15H18N2O2S. The summed E-state index contributed by atoms with van der Waals surface area (Å²) in [6.45, 7) is 5.46. The molecule has 5 heteroatoms. The first-order valence-corrected chi connectivity index (χ1v) is 7.78. The van der Waals surface area contributed by atoms with Gasteiger partial charge in [0.05, 0.1) is 11.3 Å². The van der Waals surface area contributed by atoms with E-state index in [0.717, 1.165) is 42.2 Å². The molecule has 1 amide bonds. The summed E-state index contributed by atoms with van der Waals surface area (Å²) in [5.41, 5.74) is 1.97. The van der Waals surface area contributed by atoms with Gasteiger partial charge in [-0.1, -0.05) is 0 Å². The fraction of sp³-hybridized carbons (Fsp3) is 0.467. The fourth-order valence-electron chi connectivity index (χ4n) is 2.66. The monoisotopic (exact) mass is 290 g/mol. The summed E-state index contributed by atoms with van der Waals surface area (Å²) >= 11 is 1.70. The van der Waals surface area contributed by atoms with E-state index in [-0.39, 0.29) is 5.91 Å². The van der Waals surface area contributed by atoms with Crippen LogP contribution in [0.2, 0.25) is 0 Å². The summed E-state index contributed by atoms with van der Waals surface area (Å²) in [6, 6.07) is 1.83. The number of aromatic nitrogens is 1. The number of rotatable bonds is 2. The third kappa shape index (κ3) is 2.50. The molecule has 0 radical (unpaired) electrons. The van der Waals surface area contributed by atoms with Gasteiger partial charge in [-0.05, 0) is 32.8 Å². The van der Waals surface area contributed by atoms with Crippen molar-refractivity contribution in [2.45, 2.75) is 32.6 Å². The highest BCUT2D eigenvalue weighted by Crippen LogP contribution is 2.30. The average Bonchev–Trinajstić information content (AvgIpc) is 3.07. The van der Waals surface area contributed by atoms with E-state index in [1.165, 1.54) is 0 Å². The Hall–Kier alpha value is -1.62. The summed E-state index contributed by atoms with van der Waals surface area (Å²) in [5.74, 6) is 0.841. The first kappa shape index (κ1) is 13.4. The molecular weight excluding hydrogens is 272 g/mol. The van der Waals surface area contributed by atoms with E-state index in [9.17, 15) is 4.79 Å². The zero-order valence-electron chi connectivity index (χ0n) is 11.8. The molecule has 106 valence electrons. The van der Waals surface area contributed by atoms with Gasteiger partial charge in [-0.2, -0.15) is 0 Å². The summed E-state index contributed by atoms with van der Waals surface area (Å²) in [5, 5.41) is 3.23. The second kappa shape index (κ2) is 5.40. The molecule has 1 atom stereocenters. The number of likely N-dealkylation sites (tertiary alicyclic amines) is 1. The second-order valence-corrected chi connectivity index (χ2v) is 6.24. The van der Waals surface area contributed by atoms with E-state index >= 15 is 0 Å². The normalized spacial score (nSPS) is 19.3. The number of aryl methyl sites for hydroxylation is 2. The molecule has 1 aliphatic heterocycles. The van der Waals surface area contributed by atoms with Crippen LogP contribution in [0.25, 0.3) is 0 Å². The van der Waals surface area contributed by atoms with Crippen molar-refractivity contribution in [3.05, 3.63) is 39.7 Å². The van der Waals surface area contributed by atoms with Gasteiger partial charge < -0.3 is 9.32 Å². The Kier molecular flexibility index (Phi) is 3.61. The molecule has 0 saturated carbocycles. The van der Waals surface area contributed by atoms with Crippen molar-refractivity contribution < 1.29 is 9.21 Å². The van der Waals surface area contributed by atoms with Gasteiger partial charge in [-0.25, -0.2) is 4.98 Å². The number of nitrogens with zero attached hydrogens (tertiary/aromatic N) is 2. The molecule has 2 aromatic rings. The summed E-state index contributed by atoms with van der Waals surface area (Å²) in [6.07, 6.45) is 3.71. The van der Waals surface area contributed by atoms with Crippen LogP contribution in [0, 0.1) is 13.8 Å². The number of thiazole rings is 1. The van der Waals surface area contributed by atoms with E-state index in [1.807, 2.05) is 24.8 Å². The molecule has 2 aromatic heterocycles. The van der Waals surface area contributed by atoms with E-state index < -0.39 is 0 Å². The van der Waals surface area contributed by atoms with Crippen LogP contribution < -0.4 is 0 Å². The number of furan rings is 1. The van der Waals surface area contributed by atoms with Crippen molar-refractivity contribution in [2.24, 2.45) is 0 Å². The summed E-state index contributed by atoms with van der Waals surface area (Å²) in [7, 11) is 0. The Morgan fingerprint density at radius 3 is 3.00 bits per heavy atom. The van der Waals surface area contributed by atoms with E-state index in [2.05, 4.69) is 10.4 Å². The second-order valence-electron chi connectivity index (χ2n) is 5.35. The molecule has 0 N–H and O–H groups in total. The largest absolute Gasteiger partial charge is 0.459 e. The summed E-state index contributed by atoms with van der Waals surface area (Å²) in [4.78, 5) is 18.9. The number of hydrogen-bond acceptors (Lipinski definition) is 4. The maximum Gasteiger partial charge on any atom is 0.289 e. The lowest BCUT2D eigenvalue weighted by atomic mass is 9.98. The zero-order chi connectivity index (χ0) is 14.1. The summed E-state index contributed by atoms with van der Waals surface area (Å²) < 4.78 is 5.32. The van der Waals surface area contributed by atoms with Crippen molar-refractivity contribution >= 4 is 17.2 Å². The number of piperidine rings is 1. The lowest BCUT2D eigenvalue weighted by Gasteiger charge is -2.31. The SMILES string of the molecule is Cc1csc([C@H]2CCCN(C(=O)c3occc3C)C2)n1. The van der Waals surface area contributed by atoms with Crippen LogP contribution in [0.1, 0.15) is 45.6 Å². The van der Waals surface area contributed by atoms with Gasteiger partial charge in [0.1, 0.15) is 0 Å². The Bertz CT molecular complexity index is 617. The minimum absolute atomic E-state index is 0.00507. The van der Waals surface area contributed by atoms with Crippen molar-refractivity contribution in [1.29, 1.82) is 0 Å². The number of carbonyl (C=O) groups is 1. The molecule has 0 spiro atoms. The van der Waals surface area contributed by atoms with Gasteiger partial charge in [-0.15, -0.1) is 11.3 Å². The van der Waals surface area contributed by atoms with Crippen LogP contribution >= 0.6 is 11.3 Å². The standard InChI is InChI=1S/C15H18N2O2S/c1-10-5-7-19-13(10)15(18)17-6-3-4-12(8-17)14-16-11(2)9-20-14/h5,7,9,12H,3-4,6,8H2,1-2H3/t12-/m0/s1. The Morgan fingerprint density at radius 1 is 1.50 bits per heavy atom. The third-order valence-corrected chi connectivity index (χ3v) is 4.88. The molecule has 4 nitrogen and oxygen atoms in total. The highest BCUT2D eigenvalue weighted by molar-refractivity contribution is 7.09. The van der Waals surface area contributed by atoms with Crippen molar-refractivity contribution in [1.82, 2.24) is 9.88 Å². The Morgan fingerprint density at radius 2 is 2.35 bits per heavy atom. The molecule has 20 heavy (non-hydrogen) atoms. The Labute approximate surface area is 122 Å². The van der Waals surface area contributed by atoms with Gasteiger partial charge in [0, 0.05) is 35.6 Å². The molecule has 1 fully saturated rings. The van der Waals surface area contributed by atoms with Gasteiger partial charge in [0.25, 0.3) is 5.91 Å². The van der Waals surface area contributed by atoms with Crippen molar-refractivity contribution in [3.8, 4) is 0 Å². The molecule has 3 rings (SSSR count). The highest BCUT2D eigenvalue weighted by Gasteiger charge is 2.28. The van der Waals surface area contributed by atoms with Gasteiger partial charge in [0.15, 0.2) is 5.76 Å². The zero-order valence-corrected chi connectivity index (χ0v) is 12.6. The fourth-order valence-corrected chi connectivity index (χ4v) is 3.58. The third-order valence-electron chi connectivity index (χ3n) is 3.75. The van der Waals surface area contributed by atoms with Gasteiger partial charge >= 0.3 is 0 Å². The molecule has 0 unspecified atom stereocenters. The molecule has 1 saturated heterocycles. The van der Waals surface area contributed by atoms with E-state index in [0.29, 0.717) is 11.7 Å². The molecule has 3 heterocycles. The van der Waals surface area contributed by atoms with Crippen LogP contribution in [-0.4, -0.2) is 28.9 Å². The molecule has 0 bridgehead atoms. The molecule has 0 aromatic carbocycles. The average molecular weight is 290 g/mol. The van der Waals surface area contributed by atoms with Crippen LogP contribution in [-0.2, 0) is 0 Å². The topological polar surface area (TPSA) is 46.3 Å².